The van der Waals surface area contributed by atoms with Gasteiger partial charge in [0.2, 0.25) is 5.91 Å². The molecule has 2 aliphatic rings. The van der Waals surface area contributed by atoms with Crippen molar-refractivity contribution in [3.05, 3.63) is 29.6 Å². The molecule has 3 rings (SSSR count). The SMILES string of the molecule is COc1ccc(C(=O)N2CCN(C)C3(CCNC(=O)CC3)C2)cc1F. The molecule has 7 heteroatoms. The largest absolute Gasteiger partial charge is 0.494 e. The first-order valence-corrected chi connectivity index (χ1v) is 8.56. The van der Waals surface area contributed by atoms with Gasteiger partial charge in [0.25, 0.3) is 5.91 Å². The van der Waals surface area contributed by atoms with E-state index < -0.39 is 5.82 Å². The van der Waals surface area contributed by atoms with Crippen LogP contribution in [0.5, 0.6) is 5.75 Å². The number of rotatable bonds is 2. The Morgan fingerprint density at radius 1 is 1.32 bits per heavy atom. The number of nitrogens with zero attached hydrogens (tertiary/aromatic N) is 2. The van der Waals surface area contributed by atoms with Crippen molar-refractivity contribution in [2.75, 3.05) is 40.3 Å². The van der Waals surface area contributed by atoms with Crippen LogP contribution in [-0.4, -0.2) is 67.5 Å². The number of likely N-dealkylation sites (N-methyl/N-ethyl adjacent to an activating group) is 1. The quantitative estimate of drug-likeness (QED) is 0.873. The highest BCUT2D eigenvalue weighted by Crippen LogP contribution is 2.31. The monoisotopic (exact) mass is 349 g/mol. The molecule has 2 heterocycles. The van der Waals surface area contributed by atoms with Crippen molar-refractivity contribution in [2.24, 2.45) is 0 Å². The van der Waals surface area contributed by atoms with Crippen LogP contribution in [0.3, 0.4) is 0 Å². The number of piperazine rings is 1. The molecule has 136 valence electrons. The Bertz CT molecular complexity index is 682. The van der Waals surface area contributed by atoms with Crippen LogP contribution in [-0.2, 0) is 4.79 Å². The van der Waals surface area contributed by atoms with Gasteiger partial charge in [-0.05, 0) is 38.1 Å². The summed E-state index contributed by atoms with van der Waals surface area (Å²) in [6, 6.07) is 4.29. The smallest absolute Gasteiger partial charge is 0.254 e. The van der Waals surface area contributed by atoms with Crippen LogP contribution in [0, 0.1) is 5.82 Å². The van der Waals surface area contributed by atoms with Gasteiger partial charge in [-0.25, -0.2) is 4.39 Å². The van der Waals surface area contributed by atoms with Gasteiger partial charge in [-0.15, -0.1) is 0 Å². The molecular weight excluding hydrogens is 325 g/mol. The minimum atomic E-state index is -0.540. The zero-order valence-electron chi connectivity index (χ0n) is 14.7. The van der Waals surface area contributed by atoms with Crippen LogP contribution in [0.2, 0.25) is 0 Å². The first kappa shape index (κ1) is 17.7. The summed E-state index contributed by atoms with van der Waals surface area (Å²) in [5, 5.41) is 2.90. The summed E-state index contributed by atoms with van der Waals surface area (Å²) in [5.74, 6) is -0.537. The Kier molecular flexibility index (Phi) is 4.94. The summed E-state index contributed by atoms with van der Waals surface area (Å²) in [4.78, 5) is 28.6. The molecular formula is C18H24FN3O3. The van der Waals surface area contributed by atoms with Crippen molar-refractivity contribution in [1.82, 2.24) is 15.1 Å². The normalized spacial score (nSPS) is 24.8. The number of hydrogen-bond acceptors (Lipinski definition) is 4. The zero-order chi connectivity index (χ0) is 18.0. The van der Waals surface area contributed by atoms with E-state index in [0.29, 0.717) is 31.6 Å². The third kappa shape index (κ3) is 3.46. The fraction of sp³-hybridized carbons (Fsp3) is 0.556. The van der Waals surface area contributed by atoms with E-state index >= 15 is 0 Å². The molecule has 0 saturated carbocycles. The highest BCUT2D eigenvalue weighted by atomic mass is 19.1. The maximum Gasteiger partial charge on any atom is 0.254 e. The van der Waals surface area contributed by atoms with Gasteiger partial charge in [0, 0.05) is 43.7 Å². The molecule has 2 saturated heterocycles. The molecule has 1 unspecified atom stereocenters. The van der Waals surface area contributed by atoms with Crippen molar-refractivity contribution in [3.8, 4) is 5.75 Å². The van der Waals surface area contributed by atoms with Crippen LogP contribution in [0.15, 0.2) is 18.2 Å². The molecule has 1 spiro atoms. The molecule has 2 amide bonds. The van der Waals surface area contributed by atoms with Crippen molar-refractivity contribution in [2.45, 2.75) is 24.8 Å². The summed E-state index contributed by atoms with van der Waals surface area (Å²) in [7, 11) is 3.44. The van der Waals surface area contributed by atoms with Crippen LogP contribution in [0.4, 0.5) is 4.39 Å². The molecule has 0 aliphatic carbocycles. The maximum absolute atomic E-state index is 13.9. The van der Waals surface area contributed by atoms with Gasteiger partial charge in [-0.2, -0.15) is 0 Å². The summed E-state index contributed by atoms with van der Waals surface area (Å²) in [6.07, 6.45) is 1.98. The topological polar surface area (TPSA) is 61.9 Å². The molecule has 6 nitrogen and oxygen atoms in total. The van der Waals surface area contributed by atoms with E-state index in [2.05, 4.69) is 10.2 Å². The van der Waals surface area contributed by atoms with Gasteiger partial charge < -0.3 is 15.0 Å². The summed E-state index contributed by atoms with van der Waals surface area (Å²) in [6.45, 7) is 2.48. The lowest BCUT2D eigenvalue weighted by atomic mass is 9.86. The predicted octanol–water partition coefficient (Wildman–Crippen LogP) is 1.26. The highest BCUT2D eigenvalue weighted by Gasteiger charge is 2.42. The molecule has 2 aliphatic heterocycles. The highest BCUT2D eigenvalue weighted by molar-refractivity contribution is 5.94. The zero-order valence-corrected chi connectivity index (χ0v) is 14.7. The second kappa shape index (κ2) is 7.00. The van der Waals surface area contributed by atoms with Gasteiger partial charge in [0.05, 0.1) is 7.11 Å². The summed E-state index contributed by atoms with van der Waals surface area (Å²) < 4.78 is 18.8. The lowest BCUT2D eigenvalue weighted by Gasteiger charge is -2.49. The van der Waals surface area contributed by atoms with Crippen molar-refractivity contribution < 1.29 is 18.7 Å². The molecule has 25 heavy (non-hydrogen) atoms. The molecule has 2 fully saturated rings. The van der Waals surface area contributed by atoms with E-state index in [-0.39, 0.29) is 23.1 Å². The van der Waals surface area contributed by atoms with Gasteiger partial charge >= 0.3 is 0 Å². The summed E-state index contributed by atoms with van der Waals surface area (Å²) >= 11 is 0. The van der Waals surface area contributed by atoms with E-state index in [0.717, 1.165) is 19.4 Å². The van der Waals surface area contributed by atoms with E-state index in [1.807, 2.05) is 7.05 Å². The van der Waals surface area contributed by atoms with Gasteiger partial charge in [0.1, 0.15) is 0 Å². The van der Waals surface area contributed by atoms with Crippen LogP contribution in [0.1, 0.15) is 29.6 Å². The number of halogens is 1. The van der Waals surface area contributed by atoms with Gasteiger partial charge in [-0.3, -0.25) is 14.5 Å². The number of carbonyl (C=O) groups is 2. The lowest BCUT2D eigenvalue weighted by molar-refractivity contribution is -0.121. The standard InChI is InChI=1S/C18H24FN3O3/c1-21-9-10-22(12-18(21)6-5-16(23)20-8-7-18)17(24)13-3-4-15(25-2)14(19)11-13/h3-4,11H,5-10,12H2,1-2H3,(H,20,23). The molecule has 1 aromatic rings. The van der Waals surface area contributed by atoms with Gasteiger partial charge in [-0.1, -0.05) is 0 Å². The molecule has 0 bridgehead atoms. The average molecular weight is 349 g/mol. The van der Waals surface area contributed by atoms with Crippen LogP contribution < -0.4 is 10.1 Å². The van der Waals surface area contributed by atoms with Crippen molar-refractivity contribution in [1.29, 1.82) is 0 Å². The van der Waals surface area contributed by atoms with Crippen LogP contribution in [0.25, 0.3) is 0 Å². The number of ether oxygens (including phenoxy) is 1. The Morgan fingerprint density at radius 3 is 2.84 bits per heavy atom. The average Bonchev–Trinajstić information content (AvgIpc) is 2.79. The third-order valence-electron chi connectivity index (χ3n) is 5.42. The van der Waals surface area contributed by atoms with Crippen molar-refractivity contribution in [3.63, 3.8) is 0 Å². The number of hydrogen-bond donors (Lipinski definition) is 1. The van der Waals surface area contributed by atoms with Crippen LogP contribution >= 0.6 is 0 Å². The Labute approximate surface area is 146 Å². The van der Waals surface area contributed by atoms with E-state index in [9.17, 15) is 14.0 Å². The predicted molar refractivity (Wildman–Crippen MR) is 91.1 cm³/mol. The first-order chi connectivity index (χ1) is 11.9. The third-order valence-corrected chi connectivity index (χ3v) is 5.42. The fourth-order valence-corrected chi connectivity index (χ4v) is 3.75. The molecule has 0 aromatic heterocycles. The lowest BCUT2D eigenvalue weighted by Crippen LogP contribution is -2.62. The van der Waals surface area contributed by atoms with E-state index in [1.165, 1.54) is 19.2 Å². The van der Waals surface area contributed by atoms with Crippen molar-refractivity contribution >= 4 is 11.8 Å². The number of methoxy groups -OCH3 is 1. The molecule has 1 aromatic carbocycles. The number of nitrogens with one attached hydrogen (secondary N) is 1. The number of carbonyl (C=O) groups excluding carboxylic acids is 2. The summed E-state index contributed by atoms with van der Waals surface area (Å²) in [5.41, 5.74) is 0.110. The minimum Gasteiger partial charge on any atom is -0.494 e. The molecule has 1 atom stereocenters. The Morgan fingerprint density at radius 2 is 2.12 bits per heavy atom. The first-order valence-electron chi connectivity index (χ1n) is 8.56. The maximum atomic E-state index is 13.9. The number of benzene rings is 1. The fourth-order valence-electron chi connectivity index (χ4n) is 3.75. The van der Waals surface area contributed by atoms with E-state index in [4.69, 9.17) is 4.74 Å². The minimum absolute atomic E-state index is 0.0611. The Balaban J connectivity index is 1.79. The Hall–Kier alpha value is -2.15. The number of amides is 2. The van der Waals surface area contributed by atoms with E-state index in [1.54, 1.807) is 11.0 Å². The van der Waals surface area contributed by atoms with Gasteiger partial charge in [0.15, 0.2) is 11.6 Å². The molecule has 1 N–H and O–H groups in total. The second-order valence-electron chi connectivity index (χ2n) is 6.82. The molecule has 0 radical (unpaired) electrons. The second-order valence-corrected chi connectivity index (χ2v) is 6.82.